The van der Waals surface area contributed by atoms with Crippen LogP contribution in [-0.4, -0.2) is 39.9 Å². The number of rotatable bonds is 4. The highest BCUT2D eigenvalue weighted by molar-refractivity contribution is 8.02. The van der Waals surface area contributed by atoms with E-state index in [4.69, 9.17) is 18.0 Å². The number of piperidine rings is 1. The molecule has 1 saturated heterocycles. The van der Waals surface area contributed by atoms with E-state index in [1.807, 2.05) is 22.6 Å². The van der Waals surface area contributed by atoms with Crippen molar-refractivity contribution in [2.45, 2.75) is 30.9 Å². The van der Waals surface area contributed by atoms with Gasteiger partial charge in [0.05, 0.1) is 14.6 Å². The summed E-state index contributed by atoms with van der Waals surface area (Å²) in [6.07, 6.45) is 4.65. The molecule has 2 heterocycles. The average Bonchev–Trinajstić information content (AvgIpc) is 2.94. The summed E-state index contributed by atoms with van der Waals surface area (Å²) in [5, 5.41) is 2.00. The predicted octanol–water partition coefficient (Wildman–Crippen LogP) is 2.93. The van der Waals surface area contributed by atoms with E-state index in [1.165, 1.54) is 0 Å². The van der Waals surface area contributed by atoms with Gasteiger partial charge in [-0.1, -0.05) is 19.1 Å². The molecule has 2 N–H and O–H groups in total. The van der Waals surface area contributed by atoms with Crippen molar-refractivity contribution < 1.29 is 4.79 Å². The van der Waals surface area contributed by atoms with E-state index in [-0.39, 0.29) is 10.7 Å². The molecular formula is C14H20N2OS3. The van der Waals surface area contributed by atoms with E-state index >= 15 is 0 Å². The summed E-state index contributed by atoms with van der Waals surface area (Å²) in [6, 6.07) is 2.04. The molecule has 6 heteroatoms. The third kappa shape index (κ3) is 2.87. The Kier molecular flexibility index (Phi) is 5.09. The fourth-order valence-corrected chi connectivity index (χ4v) is 4.78. The maximum Gasteiger partial charge on any atom is 0.264 e. The van der Waals surface area contributed by atoms with E-state index in [0.717, 1.165) is 42.8 Å². The van der Waals surface area contributed by atoms with Crippen LogP contribution in [-0.2, 0) is 6.42 Å². The molecule has 0 unspecified atom stereocenters. The first-order valence-electron chi connectivity index (χ1n) is 6.74. The van der Waals surface area contributed by atoms with E-state index in [2.05, 4.69) is 6.92 Å². The maximum atomic E-state index is 12.6. The summed E-state index contributed by atoms with van der Waals surface area (Å²) in [4.78, 5) is 16.0. The van der Waals surface area contributed by atoms with Gasteiger partial charge in [-0.05, 0) is 42.5 Å². The standard InChI is InChI=1S/C14H20N2OS3/c1-3-10-4-9-20-11(10)12(17)16-7-5-14(19-2,6-8-16)13(15)18/h4,9H,3,5-8H2,1-2H3,(H2,15,18). The summed E-state index contributed by atoms with van der Waals surface area (Å²) in [7, 11) is 0. The SMILES string of the molecule is CCc1ccsc1C(=O)N1CCC(SC)(C(N)=S)CC1. The molecule has 1 aromatic heterocycles. The van der Waals surface area contributed by atoms with Gasteiger partial charge in [-0.25, -0.2) is 0 Å². The van der Waals surface area contributed by atoms with Crippen molar-refractivity contribution in [1.82, 2.24) is 4.90 Å². The number of amides is 1. The molecule has 0 spiro atoms. The minimum Gasteiger partial charge on any atom is -0.392 e. The normalized spacial score (nSPS) is 18.0. The van der Waals surface area contributed by atoms with Crippen LogP contribution in [0.4, 0.5) is 0 Å². The highest BCUT2D eigenvalue weighted by Gasteiger charge is 2.38. The molecule has 110 valence electrons. The lowest BCUT2D eigenvalue weighted by Crippen LogP contribution is -2.50. The molecule has 3 nitrogen and oxygen atoms in total. The third-order valence-corrected chi connectivity index (χ3v) is 6.89. The van der Waals surface area contributed by atoms with Gasteiger partial charge in [0.15, 0.2) is 0 Å². The number of hydrogen-bond donors (Lipinski definition) is 1. The van der Waals surface area contributed by atoms with Gasteiger partial charge < -0.3 is 10.6 Å². The number of aryl methyl sites for hydroxylation is 1. The molecular weight excluding hydrogens is 308 g/mol. The summed E-state index contributed by atoms with van der Waals surface area (Å²) < 4.78 is -0.130. The van der Waals surface area contributed by atoms with Gasteiger partial charge in [-0.2, -0.15) is 11.8 Å². The zero-order valence-corrected chi connectivity index (χ0v) is 14.3. The Balaban J connectivity index is 2.07. The van der Waals surface area contributed by atoms with Crippen molar-refractivity contribution >= 4 is 46.2 Å². The zero-order valence-electron chi connectivity index (χ0n) is 11.8. The number of nitrogens with zero attached hydrogens (tertiary/aromatic N) is 1. The summed E-state index contributed by atoms with van der Waals surface area (Å²) in [5.74, 6) is 0.162. The third-order valence-electron chi connectivity index (χ3n) is 4.02. The Morgan fingerprint density at radius 2 is 2.20 bits per heavy atom. The minimum absolute atomic E-state index is 0.130. The Hall–Kier alpha value is -0.590. The van der Waals surface area contributed by atoms with E-state index in [1.54, 1.807) is 23.1 Å². The number of hydrogen-bond acceptors (Lipinski definition) is 4. The van der Waals surface area contributed by atoms with Crippen molar-refractivity contribution in [2.24, 2.45) is 5.73 Å². The minimum atomic E-state index is -0.130. The van der Waals surface area contributed by atoms with Gasteiger partial charge in [-0.15, -0.1) is 11.3 Å². The second-order valence-electron chi connectivity index (χ2n) is 4.98. The Morgan fingerprint density at radius 1 is 1.55 bits per heavy atom. The number of nitrogens with two attached hydrogens (primary N) is 1. The first kappa shape index (κ1) is 15.8. The van der Waals surface area contributed by atoms with Crippen LogP contribution in [0.1, 0.15) is 35.0 Å². The van der Waals surface area contributed by atoms with Crippen LogP contribution in [0.5, 0.6) is 0 Å². The topological polar surface area (TPSA) is 46.3 Å². The highest BCUT2D eigenvalue weighted by Crippen LogP contribution is 2.35. The lowest BCUT2D eigenvalue weighted by Gasteiger charge is -2.40. The molecule has 1 aliphatic heterocycles. The maximum absolute atomic E-state index is 12.6. The number of thiocarbonyl (C=S) groups is 1. The number of carbonyl (C=O) groups is 1. The molecule has 0 saturated carbocycles. The number of likely N-dealkylation sites (tertiary alicyclic amines) is 1. The predicted molar refractivity (Wildman–Crippen MR) is 91.9 cm³/mol. The van der Waals surface area contributed by atoms with Gasteiger partial charge in [0, 0.05) is 13.1 Å². The van der Waals surface area contributed by atoms with Crippen molar-refractivity contribution in [3.8, 4) is 0 Å². The molecule has 2 rings (SSSR count). The molecule has 1 aliphatic rings. The molecule has 1 amide bonds. The van der Waals surface area contributed by atoms with Crippen LogP contribution in [0.2, 0.25) is 0 Å². The van der Waals surface area contributed by atoms with Crippen molar-refractivity contribution in [3.05, 3.63) is 21.9 Å². The Bertz CT molecular complexity index is 504. The first-order valence-corrected chi connectivity index (χ1v) is 9.26. The largest absolute Gasteiger partial charge is 0.392 e. The van der Waals surface area contributed by atoms with E-state index in [9.17, 15) is 4.79 Å². The molecule has 0 atom stereocenters. The van der Waals surface area contributed by atoms with Gasteiger partial charge in [0.1, 0.15) is 0 Å². The number of thiophene rings is 1. The average molecular weight is 329 g/mol. The van der Waals surface area contributed by atoms with Gasteiger partial charge in [-0.3, -0.25) is 4.79 Å². The van der Waals surface area contributed by atoms with Gasteiger partial charge in [0.2, 0.25) is 0 Å². The number of thioether (sulfide) groups is 1. The smallest absolute Gasteiger partial charge is 0.264 e. The lowest BCUT2D eigenvalue weighted by molar-refractivity contribution is 0.0723. The fraction of sp³-hybridized carbons (Fsp3) is 0.571. The quantitative estimate of drug-likeness (QED) is 0.863. The van der Waals surface area contributed by atoms with Crippen molar-refractivity contribution in [2.75, 3.05) is 19.3 Å². The number of carbonyl (C=O) groups excluding carboxylic acids is 1. The second-order valence-corrected chi connectivity index (χ2v) is 7.53. The van der Waals surface area contributed by atoms with Crippen LogP contribution in [0.25, 0.3) is 0 Å². The molecule has 0 radical (unpaired) electrons. The van der Waals surface area contributed by atoms with Gasteiger partial charge in [0.25, 0.3) is 5.91 Å². The molecule has 0 aromatic carbocycles. The van der Waals surface area contributed by atoms with Crippen LogP contribution < -0.4 is 5.73 Å². The second kappa shape index (κ2) is 6.45. The monoisotopic (exact) mass is 328 g/mol. The Morgan fingerprint density at radius 3 is 2.70 bits per heavy atom. The van der Waals surface area contributed by atoms with Crippen LogP contribution in [0, 0.1) is 0 Å². The fourth-order valence-electron chi connectivity index (χ4n) is 2.57. The van der Waals surface area contributed by atoms with Crippen LogP contribution in [0.15, 0.2) is 11.4 Å². The zero-order chi connectivity index (χ0) is 14.8. The highest BCUT2D eigenvalue weighted by atomic mass is 32.2. The first-order chi connectivity index (χ1) is 9.54. The summed E-state index contributed by atoms with van der Waals surface area (Å²) in [6.45, 7) is 3.55. The van der Waals surface area contributed by atoms with Crippen LogP contribution in [0.3, 0.4) is 0 Å². The van der Waals surface area contributed by atoms with Crippen molar-refractivity contribution in [1.29, 1.82) is 0 Å². The lowest BCUT2D eigenvalue weighted by atomic mass is 9.95. The van der Waals surface area contributed by atoms with E-state index in [0.29, 0.717) is 4.99 Å². The molecule has 1 fully saturated rings. The molecule has 20 heavy (non-hydrogen) atoms. The summed E-state index contributed by atoms with van der Waals surface area (Å²) in [5.41, 5.74) is 7.03. The molecule has 1 aromatic rings. The van der Waals surface area contributed by atoms with E-state index < -0.39 is 0 Å². The molecule has 0 aliphatic carbocycles. The van der Waals surface area contributed by atoms with Gasteiger partial charge >= 0.3 is 0 Å². The van der Waals surface area contributed by atoms with Crippen LogP contribution >= 0.6 is 35.3 Å². The van der Waals surface area contributed by atoms with Crippen molar-refractivity contribution in [3.63, 3.8) is 0 Å². The summed E-state index contributed by atoms with van der Waals surface area (Å²) >= 11 is 8.47. The Labute approximate surface area is 133 Å². The molecule has 0 bridgehead atoms.